The fourth-order valence-corrected chi connectivity index (χ4v) is 5.08. The van der Waals surface area contributed by atoms with Crippen LogP contribution in [0.3, 0.4) is 0 Å². The zero-order valence-electron chi connectivity index (χ0n) is 19.5. The van der Waals surface area contributed by atoms with Crippen LogP contribution in [-0.4, -0.2) is 87.5 Å². The number of rotatable bonds is 19. The zero-order chi connectivity index (χ0) is 24.7. The van der Waals surface area contributed by atoms with Crippen LogP contribution in [0.5, 0.6) is 0 Å². The average Bonchev–Trinajstić information content (AvgIpc) is 3.02. The predicted molar refractivity (Wildman–Crippen MR) is 126 cm³/mol. The minimum absolute atomic E-state index is 0.0406. The smallest absolute Gasteiger partial charge is 0.330 e. The molecule has 0 saturated carbocycles. The van der Waals surface area contributed by atoms with E-state index in [2.05, 4.69) is 17.2 Å². The summed E-state index contributed by atoms with van der Waals surface area (Å²) < 4.78 is 17.2. The average molecular weight is 495 g/mol. The van der Waals surface area contributed by atoms with Crippen LogP contribution in [0.1, 0.15) is 64.2 Å². The molecule has 1 unspecified atom stereocenters. The van der Waals surface area contributed by atoms with E-state index in [1.807, 2.05) is 6.08 Å². The van der Waals surface area contributed by atoms with Crippen molar-refractivity contribution in [1.82, 2.24) is 10.6 Å². The second kappa shape index (κ2) is 16.7. The summed E-state index contributed by atoms with van der Waals surface area (Å²) in [6.45, 7) is 3.62. The van der Waals surface area contributed by atoms with Gasteiger partial charge in [-0.25, -0.2) is 0 Å². The Morgan fingerprint density at radius 3 is 2.36 bits per heavy atom. The maximum atomic E-state index is 12.2. The van der Waals surface area contributed by atoms with Gasteiger partial charge in [-0.3, -0.25) is 9.36 Å². The van der Waals surface area contributed by atoms with E-state index in [9.17, 15) is 29.6 Å². The number of hydrogen-bond donors (Lipinski definition) is 7. The van der Waals surface area contributed by atoms with Crippen LogP contribution < -0.4 is 10.6 Å². The first kappa shape index (κ1) is 30.2. The van der Waals surface area contributed by atoms with Crippen molar-refractivity contribution >= 4 is 13.5 Å². The Morgan fingerprint density at radius 2 is 1.73 bits per heavy atom. The van der Waals surface area contributed by atoms with Crippen LogP contribution in [-0.2, 0) is 13.9 Å². The standard InChI is InChI=1S/C22H43N2O8P/c1-2-3-4-5-6-7-8-9-11-20(27)23-12-10-13-32-33(30,31)16-17(26)14-18-21(28)22(29)19(15-25)24-18/h2,17-19,21-22,24-26,28-29H,1,3-16H2,(H,23,27)(H,30,31)/t17-,18-,19-,21-,22-/m1/s1. The monoisotopic (exact) mass is 494 g/mol. The van der Waals surface area contributed by atoms with Crippen molar-refractivity contribution in [2.24, 2.45) is 0 Å². The van der Waals surface area contributed by atoms with Crippen LogP contribution in [0, 0.1) is 0 Å². The topological polar surface area (TPSA) is 169 Å². The number of nitrogens with one attached hydrogen (secondary N) is 2. The van der Waals surface area contributed by atoms with Gasteiger partial charge in [0.2, 0.25) is 5.91 Å². The molecular formula is C22H43N2O8P. The third-order valence-electron chi connectivity index (χ3n) is 5.77. The van der Waals surface area contributed by atoms with Gasteiger partial charge in [0, 0.05) is 19.0 Å². The number of allylic oxidation sites excluding steroid dienone is 1. The minimum Gasteiger partial charge on any atom is -0.395 e. The minimum atomic E-state index is -4.05. The SMILES string of the molecule is C=CCCCCCCCCC(=O)NCCCOP(=O)(O)C[C@H](O)C[C@H]1N[C@H](CO)[C@@H](O)[C@@H]1O. The van der Waals surface area contributed by atoms with Crippen molar-refractivity contribution in [3.63, 3.8) is 0 Å². The highest BCUT2D eigenvalue weighted by Gasteiger charge is 2.41. The third kappa shape index (κ3) is 13.0. The summed E-state index contributed by atoms with van der Waals surface area (Å²) in [5, 5.41) is 44.5. The molecule has 0 aliphatic carbocycles. The normalized spacial score (nSPS) is 25.5. The number of unbranched alkanes of at least 4 members (excludes halogenated alkanes) is 6. The maximum absolute atomic E-state index is 12.2. The molecule has 1 amide bonds. The van der Waals surface area contributed by atoms with E-state index in [-0.39, 0.29) is 25.5 Å². The molecule has 1 fully saturated rings. The van der Waals surface area contributed by atoms with Gasteiger partial charge in [0.1, 0.15) is 0 Å². The second-order valence-electron chi connectivity index (χ2n) is 8.74. The van der Waals surface area contributed by atoms with E-state index in [0.29, 0.717) is 19.4 Å². The highest BCUT2D eigenvalue weighted by atomic mass is 31.2. The summed E-state index contributed by atoms with van der Waals surface area (Å²) in [5.41, 5.74) is 0. The highest BCUT2D eigenvalue weighted by Crippen LogP contribution is 2.43. The summed E-state index contributed by atoms with van der Waals surface area (Å²) in [7, 11) is -4.05. The van der Waals surface area contributed by atoms with E-state index in [1.165, 1.54) is 19.3 Å². The largest absolute Gasteiger partial charge is 0.395 e. The predicted octanol–water partition coefficient (Wildman–Crippen LogP) is 0.807. The van der Waals surface area contributed by atoms with E-state index >= 15 is 0 Å². The van der Waals surface area contributed by atoms with Gasteiger partial charge in [-0.05, 0) is 32.1 Å². The van der Waals surface area contributed by atoms with Gasteiger partial charge in [-0.1, -0.05) is 31.8 Å². The summed E-state index contributed by atoms with van der Waals surface area (Å²) in [5.74, 6) is -0.0461. The first-order valence-corrected chi connectivity index (χ1v) is 13.7. The van der Waals surface area contributed by atoms with Crippen molar-refractivity contribution in [3.05, 3.63) is 12.7 Å². The van der Waals surface area contributed by atoms with Crippen molar-refractivity contribution in [2.75, 3.05) is 25.9 Å². The maximum Gasteiger partial charge on any atom is 0.330 e. The van der Waals surface area contributed by atoms with Gasteiger partial charge in [-0.15, -0.1) is 6.58 Å². The van der Waals surface area contributed by atoms with Crippen LogP contribution >= 0.6 is 7.60 Å². The molecule has 1 aliphatic rings. The first-order valence-electron chi connectivity index (χ1n) is 11.9. The molecule has 33 heavy (non-hydrogen) atoms. The first-order chi connectivity index (χ1) is 15.7. The van der Waals surface area contributed by atoms with Crippen LogP contribution in [0.15, 0.2) is 12.7 Å². The molecule has 1 rings (SSSR count). The Balaban J connectivity index is 2.09. The fraction of sp³-hybridized carbons (Fsp3) is 0.864. The lowest BCUT2D eigenvalue weighted by atomic mass is 10.0. The molecule has 1 heterocycles. The van der Waals surface area contributed by atoms with E-state index < -0.39 is 44.2 Å². The van der Waals surface area contributed by atoms with Crippen molar-refractivity contribution < 1.29 is 39.2 Å². The molecule has 194 valence electrons. The number of carbonyl (C=O) groups excluding carboxylic acids is 1. The molecule has 1 saturated heterocycles. The fourth-order valence-electron chi connectivity index (χ4n) is 3.88. The van der Waals surface area contributed by atoms with Crippen molar-refractivity contribution in [1.29, 1.82) is 0 Å². The van der Waals surface area contributed by atoms with Crippen molar-refractivity contribution in [2.45, 2.75) is 94.6 Å². The number of aliphatic hydroxyl groups excluding tert-OH is 4. The number of carbonyl (C=O) groups is 1. The Morgan fingerprint density at radius 1 is 1.09 bits per heavy atom. The second-order valence-corrected chi connectivity index (χ2v) is 10.6. The summed E-state index contributed by atoms with van der Waals surface area (Å²) in [6, 6.07) is -1.42. The number of amides is 1. The molecule has 0 spiro atoms. The van der Waals surface area contributed by atoms with E-state index in [4.69, 9.17) is 9.63 Å². The molecule has 0 aromatic rings. The molecule has 0 aromatic heterocycles. The Labute approximate surface area is 197 Å². The Bertz CT molecular complexity index is 609. The third-order valence-corrected chi connectivity index (χ3v) is 7.23. The lowest BCUT2D eigenvalue weighted by Crippen LogP contribution is -2.38. The lowest BCUT2D eigenvalue weighted by molar-refractivity contribution is -0.121. The van der Waals surface area contributed by atoms with Gasteiger partial charge in [0.25, 0.3) is 0 Å². The zero-order valence-corrected chi connectivity index (χ0v) is 20.4. The van der Waals surface area contributed by atoms with Crippen LogP contribution in [0.2, 0.25) is 0 Å². The number of hydrogen-bond acceptors (Lipinski definition) is 8. The molecule has 0 bridgehead atoms. The Kier molecular flexibility index (Phi) is 15.3. The summed E-state index contributed by atoms with van der Waals surface area (Å²) in [4.78, 5) is 21.7. The van der Waals surface area contributed by atoms with Gasteiger partial charge in [-0.2, -0.15) is 0 Å². The summed E-state index contributed by atoms with van der Waals surface area (Å²) in [6.07, 6.45) is 6.13. The molecule has 6 atom stereocenters. The van der Waals surface area contributed by atoms with Gasteiger partial charge >= 0.3 is 7.60 Å². The van der Waals surface area contributed by atoms with Crippen LogP contribution in [0.4, 0.5) is 0 Å². The molecule has 10 nitrogen and oxygen atoms in total. The van der Waals surface area contributed by atoms with Gasteiger partial charge in [0.05, 0.1) is 43.7 Å². The molecule has 11 heteroatoms. The highest BCUT2D eigenvalue weighted by molar-refractivity contribution is 7.52. The number of aliphatic hydroxyl groups is 4. The van der Waals surface area contributed by atoms with Crippen molar-refractivity contribution in [3.8, 4) is 0 Å². The van der Waals surface area contributed by atoms with E-state index in [0.717, 1.165) is 25.7 Å². The van der Waals surface area contributed by atoms with Gasteiger partial charge in [0.15, 0.2) is 0 Å². The quantitative estimate of drug-likeness (QED) is 0.0780. The van der Waals surface area contributed by atoms with Crippen LogP contribution in [0.25, 0.3) is 0 Å². The van der Waals surface area contributed by atoms with E-state index in [1.54, 1.807) is 0 Å². The lowest BCUT2D eigenvalue weighted by Gasteiger charge is -2.21. The molecular weight excluding hydrogens is 451 g/mol. The molecule has 1 aliphatic heterocycles. The summed E-state index contributed by atoms with van der Waals surface area (Å²) >= 11 is 0. The molecule has 7 N–H and O–H groups in total. The molecule has 0 radical (unpaired) electrons. The molecule has 0 aromatic carbocycles. The van der Waals surface area contributed by atoms with Gasteiger partial charge < -0.3 is 40.5 Å². The Hall–Kier alpha value is -0.840.